The molecule has 2 nitrogen and oxygen atoms in total. The highest BCUT2D eigenvalue weighted by atomic mass is 15.1. The monoisotopic (exact) mass is 266 g/mol. The van der Waals surface area contributed by atoms with Gasteiger partial charge in [-0.2, -0.15) is 0 Å². The Kier molecular flexibility index (Phi) is 5.70. The zero-order valence-electron chi connectivity index (χ0n) is 13.4. The second-order valence-corrected chi connectivity index (χ2v) is 7.34. The lowest BCUT2D eigenvalue weighted by molar-refractivity contribution is 0.109. The minimum absolute atomic E-state index is 0.483. The summed E-state index contributed by atoms with van der Waals surface area (Å²) in [6.45, 7) is 12.4. The van der Waals surface area contributed by atoms with Gasteiger partial charge < -0.3 is 10.2 Å². The van der Waals surface area contributed by atoms with Crippen molar-refractivity contribution in [2.45, 2.75) is 71.8 Å². The highest BCUT2D eigenvalue weighted by Crippen LogP contribution is 2.29. The molecule has 0 aromatic carbocycles. The van der Waals surface area contributed by atoms with Crippen molar-refractivity contribution in [1.82, 2.24) is 10.2 Å². The number of rotatable bonds is 8. The van der Waals surface area contributed by atoms with Gasteiger partial charge in [0, 0.05) is 19.1 Å². The summed E-state index contributed by atoms with van der Waals surface area (Å²) in [4.78, 5) is 2.73. The highest BCUT2D eigenvalue weighted by Gasteiger charge is 2.30. The molecule has 19 heavy (non-hydrogen) atoms. The number of hydrogen-bond donors (Lipinski definition) is 1. The van der Waals surface area contributed by atoms with E-state index >= 15 is 0 Å². The van der Waals surface area contributed by atoms with Crippen LogP contribution >= 0.6 is 0 Å². The molecular weight excluding hydrogens is 232 g/mol. The largest absolute Gasteiger partial charge is 0.313 e. The molecule has 0 bridgehead atoms. The lowest BCUT2D eigenvalue weighted by atomic mass is 9.83. The molecule has 2 heteroatoms. The van der Waals surface area contributed by atoms with E-state index in [9.17, 15) is 0 Å². The van der Waals surface area contributed by atoms with Crippen molar-refractivity contribution in [1.29, 1.82) is 0 Å². The lowest BCUT2D eigenvalue weighted by Gasteiger charge is -2.39. The summed E-state index contributed by atoms with van der Waals surface area (Å²) in [6.07, 6.45) is 9.72. The SMILES string of the molecule is CCCC(C)(CNC1CC1)CN1CCC(CC)CC1. The molecule has 1 saturated carbocycles. The molecule has 2 fully saturated rings. The Morgan fingerprint density at radius 3 is 2.32 bits per heavy atom. The van der Waals surface area contributed by atoms with E-state index in [1.54, 1.807) is 0 Å². The molecule has 1 heterocycles. The van der Waals surface area contributed by atoms with E-state index in [-0.39, 0.29) is 0 Å². The third-order valence-corrected chi connectivity index (χ3v) is 5.14. The van der Waals surface area contributed by atoms with E-state index in [1.807, 2.05) is 0 Å². The molecule has 1 aliphatic heterocycles. The van der Waals surface area contributed by atoms with Gasteiger partial charge in [-0.1, -0.05) is 33.6 Å². The van der Waals surface area contributed by atoms with Gasteiger partial charge in [0.05, 0.1) is 0 Å². The quantitative estimate of drug-likeness (QED) is 0.721. The van der Waals surface area contributed by atoms with E-state index in [2.05, 4.69) is 31.0 Å². The fourth-order valence-corrected chi connectivity index (χ4v) is 3.60. The van der Waals surface area contributed by atoms with Crippen molar-refractivity contribution in [2.24, 2.45) is 11.3 Å². The van der Waals surface area contributed by atoms with E-state index in [4.69, 9.17) is 0 Å². The molecular formula is C17H34N2. The third kappa shape index (κ3) is 5.07. The number of nitrogens with one attached hydrogen (secondary N) is 1. The summed E-state index contributed by atoms with van der Waals surface area (Å²) in [5.41, 5.74) is 0.483. The first kappa shape index (κ1) is 15.3. The predicted octanol–water partition coefficient (Wildman–Crippen LogP) is 3.67. The summed E-state index contributed by atoms with van der Waals surface area (Å²) in [5, 5.41) is 3.76. The smallest absolute Gasteiger partial charge is 0.00684 e. The van der Waals surface area contributed by atoms with Crippen molar-refractivity contribution in [3.05, 3.63) is 0 Å². The van der Waals surface area contributed by atoms with E-state index < -0.39 is 0 Å². The molecule has 2 rings (SSSR count). The standard InChI is InChI=1S/C17H34N2/c1-4-10-17(3,13-18-16-6-7-16)14-19-11-8-15(5-2)9-12-19/h15-16,18H,4-14H2,1-3H3. The Labute approximate surface area is 120 Å². The molecule has 0 spiro atoms. The molecule has 1 saturated heterocycles. The van der Waals surface area contributed by atoms with Crippen LogP contribution in [0.25, 0.3) is 0 Å². The molecule has 0 aromatic rings. The van der Waals surface area contributed by atoms with Crippen LogP contribution in [0.2, 0.25) is 0 Å². The first-order valence-corrected chi connectivity index (χ1v) is 8.61. The third-order valence-electron chi connectivity index (χ3n) is 5.14. The molecule has 1 atom stereocenters. The van der Waals surface area contributed by atoms with Crippen molar-refractivity contribution in [3.63, 3.8) is 0 Å². The zero-order valence-corrected chi connectivity index (χ0v) is 13.4. The first-order chi connectivity index (χ1) is 9.15. The van der Waals surface area contributed by atoms with Crippen molar-refractivity contribution < 1.29 is 0 Å². The van der Waals surface area contributed by atoms with Gasteiger partial charge in [0.25, 0.3) is 0 Å². The maximum Gasteiger partial charge on any atom is 0.00684 e. The van der Waals surface area contributed by atoms with Gasteiger partial charge in [-0.25, -0.2) is 0 Å². The fourth-order valence-electron chi connectivity index (χ4n) is 3.60. The lowest BCUT2D eigenvalue weighted by Crippen LogP contribution is -2.45. The van der Waals surface area contributed by atoms with Gasteiger partial charge in [0.1, 0.15) is 0 Å². The highest BCUT2D eigenvalue weighted by molar-refractivity contribution is 4.88. The number of nitrogens with zero attached hydrogens (tertiary/aromatic N) is 1. The summed E-state index contributed by atoms with van der Waals surface area (Å²) in [6, 6.07) is 0.849. The Bertz CT molecular complexity index is 254. The second kappa shape index (κ2) is 7.08. The topological polar surface area (TPSA) is 15.3 Å². The maximum absolute atomic E-state index is 3.76. The normalized spacial score (nSPS) is 25.4. The molecule has 0 radical (unpaired) electrons. The van der Waals surface area contributed by atoms with Gasteiger partial charge in [0.15, 0.2) is 0 Å². The van der Waals surface area contributed by atoms with Gasteiger partial charge in [0.2, 0.25) is 0 Å². The molecule has 2 aliphatic rings. The van der Waals surface area contributed by atoms with Crippen molar-refractivity contribution in [2.75, 3.05) is 26.2 Å². The van der Waals surface area contributed by atoms with Gasteiger partial charge in [-0.05, 0) is 56.5 Å². The summed E-state index contributed by atoms with van der Waals surface area (Å²) < 4.78 is 0. The van der Waals surface area contributed by atoms with Crippen LogP contribution in [0.3, 0.4) is 0 Å². The summed E-state index contributed by atoms with van der Waals surface area (Å²) in [5.74, 6) is 0.998. The van der Waals surface area contributed by atoms with Crippen molar-refractivity contribution in [3.8, 4) is 0 Å². The van der Waals surface area contributed by atoms with E-state index in [0.29, 0.717) is 5.41 Å². The number of piperidine rings is 1. The Balaban J connectivity index is 1.77. The van der Waals surface area contributed by atoms with Gasteiger partial charge >= 0.3 is 0 Å². The van der Waals surface area contributed by atoms with Crippen LogP contribution in [0.15, 0.2) is 0 Å². The average molecular weight is 266 g/mol. The van der Waals surface area contributed by atoms with Crippen LogP contribution < -0.4 is 5.32 Å². The summed E-state index contributed by atoms with van der Waals surface area (Å²) in [7, 11) is 0. The van der Waals surface area contributed by atoms with E-state index in [1.165, 1.54) is 71.1 Å². The van der Waals surface area contributed by atoms with Crippen LogP contribution in [0.5, 0.6) is 0 Å². The molecule has 1 N–H and O–H groups in total. The maximum atomic E-state index is 3.76. The Hall–Kier alpha value is -0.0800. The predicted molar refractivity (Wildman–Crippen MR) is 83.5 cm³/mol. The minimum Gasteiger partial charge on any atom is -0.313 e. The van der Waals surface area contributed by atoms with Gasteiger partial charge in [-0.15, -0.1) is 0 Å². The van der Waals surface area contributed by atoms with Gasteiger partial charge in [-0.3, -0.25) is 0 Å². The molecule has 1 aliphatic carbocycles. The second-order valence-electron chi connectivity index (χ2n) is 7.34. The van der Waals surface area contributed by atoms with Crippen LogP contribution in [-0.2, 0) is 0 Å². The number of likely N-dealkylation sites (tertiary alicyclic amines) is 1. The Morgan fingerprint density at radius 1 is 1.11 bits per heavy atom. The first-order valence-electron chi connectivity index (χ1n) is 8.61. The average Bonchev–Trinajstić information content (AvgIpc) is 3.22. The minimum atomic E-state index is 0.483. The van der Waals surface area contributed by atoms with Crippen LogP contribution in [-0.4, -0.2) is 37.1 Å². The van der Waals surface area contributed by atoms with Crippen molar-refractivity contribution >= 4 is 0 Å². The van der Waals surface area contributed by atoms with Crippen LogP contribution in [0, 0.1) is 11.3 Å². The molecule has 0 amide bonds. The van der Waals surface area contributed by atoms with Crippen LogP contribution in [0.1, 0.15) is 65.7 Å². The summed E-state index contributed by atoms with van der Waals surface area (Å²) >= 11 is 0. The number of hydrogen-bond acceptors (Lipinski definition) is 2. The fraction of sp³-hybridized carbons (Fsp3) is 1.00. The Morgan fingerprint density at radius 2 is 1.79 bits per heavy atom. The molecule has 0 aromatic heterocycles. The molecule has 112 valence electrons. The van der Waals surface area contributed by atoms with Crippen LogP contribution in [0.4, 0.5) is 0 Å². The zero-order chi connectivity index (χ0) is 13.7. The van der Waals surface area contributed by atoms with E-state index in [0.717, 1.165) is 12.0 Å². The molecule has 1 unspecified atom stereocenters.